The van der Waals surface area contributed by atoms with Crippen molar-refractivity contribution >= 4 is 45.9 Å². The van der Waals surface area contributed by atoms with Crippen molar-refractivity contribution in [1.82, 2.24) is 20.5 Å². The minimum Gasteiger partial charge on any atom is -0.360 e. The lowest BCUT2D eigenvalue weighted by Crippen LogP contribution is -2.53. The molecule has 1 saturated heterocycles. The summed E-state index contributed by atoms with van der Waals surface area (Å²) in [6.07, 6.45) is 5.30. The van der Waals surface area contributed by atoms with Crippen molar-refractivity contribution in [3.63, 3.8) is 0 Å². The summed E-state index contributed by atoms with van der Waals surface area (Å²) in [4.78, 5) is 45.2. The van der Waals surface area contributed by atoms with Crippen molar-refractivity contribution in [2.24, 2.45) is 0 Å². The number of amides is 3. The number of aromatic nitrogens is 1. The smallest absolute Gasteiger partial charge is 0.251 e. The first-order valence-corrected chi connectivity index (χ1v) is 12.7. The molecule has 188 valence electrons. The van der Waals surface area contributed by atoms with Crippen LogP contribution in [0.25, 0.3) is 10.9 Å². The fourth-order valence-corrected chi connectivity index (χ4v) is 5.29. The molecule has 0 unspecified atom stereocenters. The molecule has 8 nitrogen and oxygen atoms in total. The van der Waals surface area contributed by atoms with E-state index in [1.807, 2.05) is 30.1 Å². The topological polar surface area (TPSA) is 97.5 Å². The van der Waals surface area contributed by atoms with Crippen LogP contribution in [0.1, 0.15) is 46.4 Å². The second kappa shape index (κ2) is 10.3. The van der Waals surface area contributed by atoms with Gasteiger partial charge >= 0.3 is 0 Å². The van der Waals surface area contributed by atoms with E-state index in [1.165, 1.54) is 0 Å². The molecular weight excluding hydrogens is 478 g/mol. The normalized spacial score (nSPS) is 20.9. The molecule has 3 amide bonds. The summed E-state index contributed by atoms with van der Waals surface area (Å²) in [5.41, 5.74) is 2.69. The number of H-pyrrole nitrogens is 1. The number of nitrogens with zero attached hydrogens (tertiary/aromatic N) is 2. The molecular formula is C27H30ClN5O3. The van der Waals surface area contributed by atoms with Crippen molar-refractivity contribution in [2.75, 3.05) is 31.6 Å². The number of piperazine rings is 1. The van der Waals surface area contributed by atoms with Gasteiger partial charge in [0.2, 0.25) is 5.91 Å². The third kappa shape index (κ3) is 5.10. The van der Waals surface area contributed by atoms with E-state index in [2.05, 4.69) is 15.6 Å². The molecule has 1 aromatic heterocycles. The minimum atomic E-state index is -0.181. The van der Waals surface area contributed by atoms with Crippen LogP contribution in [0, 0.1) is 0 Å². The minimum absolute atomic E-state index is 0.0558. The molecule has 3 N–H and O–H groups in total. The van der Waals surface area contributed by atoms with Crippen molar-refractivity contribution in [3.8, 4) is 0 Å². The molecule has 0 spiro atoms. The fourth-order valence-electron chi connectivity index (χ4n) is 5.07. The molecule has 0 radical (unpaired) electrons. The molecule has 0 bridgehead atoms. The van der Waals surface area contributed by atoms with Crippen LogP contribution in [-0.2, 0) is 4.79 Å². The summed E-state index contributed by atoms with van der Waals surface area (Å²) in [5.74, 6) is -0.296. The highest BCUT2D eigenvalue weighted by Crippen LogP contribution is 2.25. The molecule has 1 saturated carbocycles. The number of hydrogen-bond acceptors (Lipinski definition) is 4. The molecule has 5 rings (SSSR count). The standard InChI is InChI=1S/C27H30ClN5O3/c1-32-12-13-33(25(34)16-32)19-9-6-17(7-10-19)26(35)30-22-4-2-3-5-23(22)31-27(36)18-8-11-20-21(28)15-29-24(20)14-18/h6-11,14-15,22-23,29H,2-5,12-13,16H2,1H3,(H,30,35)(H,31,36)/t22-,23+/m0/s1. The molecule has 2 aromatic carbocycles. The van der Waals surface area contributed by atoms with Crippen molar-refractivity contribution in [2.45, 2.75) is 37.8 Å². The van der Waals surface area contributed by atoms with Gasteiger partial charge in [-0.1, -0.05) is 30.5 Å². The molecule has 2 heterocycles. The maximum Gasteiger partial charge on any atom is 0.251 e. The Balaban J connectivity index is 1.23. The Morgan fingerprint density at radius 2 is 1.58 bits per heavy atom. The molecule has 2 aliphatic rings. The van der Waals surface area contributed by atoms with E-state index >= 15 is 0 Å². The van der Waals surface area contributed by atoms with Gasteiger partial charge in [-0.25, -0.2) is 0 Å². The van der Waals surface area contributed by atoms with Gasteiger partial charge in [-0.05, 0) is 56.3 Å². The summed E-state index contributed by atoms with van der Waals surface area (Å²) in [6, 6.07) is 12.2. The quantitative estimate of drug-likeness (QED) is 0.492. The summed E-state index contributed by atoms with van der Waals surface area (Å²) in [7, 11) is 1.93. The number of aromatic amines is 1. The number of carbonyl (C=O) groups is 3. The second-order valence-corrected chi connectivity index (χ2v) is 10.1. The number of likely N-dealkylation sites (N-methyl/N-ethyl adjacent to an activating group) is 1. The first-order valence-electron chi connectivity index (χ1n) is 12.4. The molecule has 9 heteroatoms. The van der Waals surface area contributed by atoms with Gasteiger partial charge in [-0.15, -0.1) is 0 Å². The monoisotopic (exact) mass is 507 g/mol. The highest BCUT2D eigenvalue weighted by molar-refractivity contribution is 6.35. The van der Waals surface area contributed by atoms with Gasteiger partial charge in [0.25, 0.3) is 11.8 Å². The lowest BCUT2D eigenvalue weighted by Gasteiger charge is -2.33. The highest BCUT2D eigenvalue weighted by atomic mass is 35.5. The zero-order valence-electron chi connectivity index (χ0n) is 20.2. The van der Waals surface area contributed by atoms with Gasteiger partial charge in [0, 0.05) is 59.1 Å². The fraction of sp³-hybridized carbons (Fsp3) is 0.370. The van der Waals surface area contributed by atoms with E-state index in [0.29, 0.717) is 29.2 Å². The number of nitrogens with one attached hydrogen (secondary N) is 3. The molecule has 1 aliphatic carbocycles. The number of halogens is 1. The Morgan fingerprint density at radius 1 is 0.944 bits per heavy atom. The number of hydrogen-bond donors (Lipinski definition) is 3. The number of benzene rings is 2. The van der Waals surface area contributed by atoms with Crippen molar-refractivity contribution < 1.29 is 14.4 Å². The Kier molecular flexibility index (Phi) is 6.98. The zero-order chi connectivity index (χ0) is 25.2. The van der Waals surface area contributed by atoms with Crippen LogP contribution in [0.15, 0.2) is 48.7 Å². The van der Waals surface area contributed by atoms with Gasteiger partial charge in [0.1, 0.15) is 0 Å². The molecule has 2 fully saturated rings. The Labute approximate surface area is 215 Å². The lowest BCUT2D eigenvalue weighted by atomic mass is 9.89. The van der Waals surface area contributed by atoms with E-state index in [1.54, 1.807) is 35.4 Å². The summed E-state index contributed by atoms with van der Waals surface area (Å²) in [5, 5.41) is 7.74. The van der Waals surface area contributed by atoms with Crippen LogP contribution in [0.2, 0.25) is 5.02 Å². The first-order chi connectivity index (χ1) is 17.4. The summed E-state index contributed by atoms with van der Waals surface area (Å²) in [6.45, 7) is 1.84. The number of carbonyl (C=O) groups excluding carboxylic acids is 3. The predicted molar refractivity (Wildman–Crippen MR) is 141 cm³/mol. The van der Waals surface area contributed by atoms with E-state index in [4.69, 9.17) is 11.6 Å². The number of anilines is 1. The van der Waals surface area contributed by atoms with E-state index in [0.717, 1.165) is 48.8 Å². The number of rotatable bonds is 5. The third-order valence-electron chi connectivity index (χ3n) is 7.15. The number of fused-ring (bicyclic) bond motifs is 1. The highest BCUT2D eigenvalue weighted by Gasteiger charge is 2.29. The SMILES string of the molecule is CN1CCN(c2ccc(C(=O)N[C@H]3CCCC[C@H]3NC(=O)c3ccc4c(Cl)c[nH]c4c3)cc2)C(=O)C1. The van der Waals surface area contributed by atoms with Crippen LogP contribution in [0.4, 0.5) is 5.69 Å². The van der Waals surface area contributed by atoms with Gasteiger partial charge in [0.15, 0.2) is 0 Å². The molecule has 1 aliphatic heterocycles. The largest absolute Gasteiger partial charge is 0.360 e. The van der Waals surface area contributed by atoms with Gasteiger partial charge in [0.05, 0.1) is 11.6 Å². The van der Waals surface area contributed by atoms with Crippen LogP contribution in [0.3, 0.4) is 0 Å². The van der Waals surface area contributed by atoms with Gasteiger partial charge < -0.3 is 20.5 Å². The van der Waals surface area contributed by atoms with Crippen molar-refractivity contribution in [3.05, 3.63) is 64.8 Å². The maximum atomic E-state index is 13.0. The van der Waals surface area contributed by atoms with Gasteiger partial charge in [-0.3, -0.25) is 19.3 Å². The van der Waals surface area contributed by atoms with Gasteiger partial charge in [-0.2, -0.15) is 0 Å². The van der Waals surface area contributed by atoms with Crippen LogP contribution < -0.4 is 15.5 Å². The van der Waals surface area contributed by atoms with E-state index in [-0.39, 0.29) is 29.8 Å². The van der Waals surface area contributed by atoms with Crippen LogP contribution in [0.5, 0.6) is 0 Å². The molecule has 36 heavy (non-hydrogen) atoms. The first kappa shape index (κ1) is 24.3. The zero-order valence-corrected chi connectivity index (χ0v) is 21.0. The summed E-state index contributed by atoms with van der Waals surface area (Å²) < 4.78 is 0. The Morgan fingerprint density at radius 3 is 2.25 bits per heavy atom. The van der Waals surface area contributed by atoms with Crippen LogP contribution in [-0.4, -0.2) is 66.4 Å². The average molecular weight is 508 g/mol. The Bertz CT molecular complexity index is 1290. The average Bonchev–Trinajstić information content (AvgIpc) is 3.25. The predicted octanol–water partition coefficient (Wildman–Crippen LogP) is 3.57. The van der Waals surface area contributed by atoms with Crippen LogP contribution >= 0.6 is 11.6 Å². The lowest BCUT2D eigenvalue weighted by molar-refractivity contribution is -0.120. The Hall–Kier alpha value is -3.36. The second-order valence-electron chi connectivity index (χ2n) is 9.67. The maximum absolute atomic E-state index is 13.0. The van der Waals surface area contributed by atoms with E-state index in [9.17, 15) is 14.4 Å². The summed E-state index contributed by atoms with van der Waals surface area (Å²) >= 11 is 6.15. The van der Waals surface area contributed by atoms with E-state index < -0.39 is 0 Å². The van der Waals surface area contributed by atoms with Crippen molar-refractivity contribution in [1.29, 1.82) is 0 Å². The molecule has 2 atom stereocenters. The third-order valence-corrected chi connectivity index (χ3v) is 7.46. The molecule has 3 aromatic rings.